The topological polar surface area (TPSA) is 72.8 Å². The average molecular weight is 449 g/mol. The number of carbonyl (C=O) groups excluding carboxylic acids is 2. The Morgan fingerprint density at radius 1 is 1.03 bits per heavy atom. The molecule has 4 unspecified atom stereocenters. The summed E-state index contributed by atoms with van der Waals surface area (Å²) in [5.41, 5.74) is 0.506. The Bertz CT molecular complexity index is 721. The van der Waals surface area contributed by atoms with Gasteiger partial charge in [0.1, 0.15) is 6.10 Å². The van der Waals surface area contributed by atoms with Crippen LogP contribution in [0.4, 0.5) is 0 Å². The van der Waals surface area contributed by atoms with E-state index in [-0.39, 0.29) is 35.0 Å². The standard InChI is InChI=1S/C27H44O5/c1-16(6-9-24(30)31-5)20-7-8-21-25-22(11-13-27(20,21)4)26(3)12-10-19(32-17(2)28)14-18(26)15-23(25)29/h16,18-23,25,29H,6-15H2,1-5H3/t16-,18+,19-,20-,21?,22?,23?,25?,26+,27-/m1/s1. The highest BCUT2D eigenvalue weighted by molar-refractivity contribution is 5.69. The zero-order valence-electron chi connectivity index (χ0n) is 20.8. The van der Waals surface area contributed by atoms with Gasteiger partial charge in [-0.15, -0.1) is 0 Å². The van der Waals surface area contributed by atoms with Crippen LogP contribution in [-0.4, -0.2) is 36.4 Å². The number of aliphatic hydroxyl groups excluding tert-OH is 1. The molecule has 5 heteroatoms. The second-order valence-corrected chi connectivity index (χ2v) is 12.1. The molecule has 32 heavy (non-hydrogen) atoms. The predicted molar refractivity (Wildman–Crippen MR) is 123 cm³/mol. The lowest BCUT2D eigenvalue weighted by Gasteiger charge is -2.62. The molecule has 10 atom stereocenters. The maximum absolute atomic E-state index is 11.7. The van der Waals surface area contributed by atoms with Crippen molar-refractivity contribution in [3.05, 3.63) is 0 Å². The van der Waals surface area contributed by atoms with Gasteiger partial charge in [0.15, 0.2) is 0 Å². The van der Waals surface area contributed by atoms with Crippen LogP contribution in [0.3, 0.4) is 0 Å². The summed E-state index contributed by atoms with van der Waals surface area (Å²) in [6.45, 7) is 8.78. The molecule has 4 aliphatic rings. The van der Waals surface area contributed by atoms with Gasteiger partial charge in [-0.2, -0.15) is 0 Å². The Kier molecular flexibility index (Phi) is 6.70. The normalized spacial score (nSPS) is 46.4. The van der Waals surface area contributed by atoms with E-state index in [9.17, 15) is 14.7 Å². The summed E-state index contributed by atoms with van der Waals surface area (Å²) in [6, 6.07) is 0. The molecular weight excluding hydrogens is 404 g/mol. The minimum Gasteiger partial charge on any atom is -0.469 e. The predicted octanol–water partition coefficient (Wildman–Crippen LogP) is 5.14. The molecule has 0 heterocycles. The summed E-state index contributed by atoms with van der Waals surface area (Å²) < 4.78 is 10.4. The van der Waals surface area contributed by atoms with Gasteiger partial charge in [0.2, 0.25) is 0 Å². The SMILES string of the molecule is COC(=O)CC[C@@H](C)[C@H]1CCC2C3C(O)C[C@@H]4C[C@H](OC(C)=O)CC[C@]4(C)C3CC[C@@]21C. The third kappa shape index (κ3) is 4.01. The van der Waals surface area contributed by atoms with E-state index in [1.54, 1.807) is 0 Å². The van der Waals surface area contributed by atoms with Crippen LogP contribution in [0.1, 0.15) is 91.9 Å². The fourth-order valence-corrected chi connectivity index (χ4v) is 9.15. The van der Waals surface area contributed by atoms with E-state index < -0.39 is 0 Å². The number of fused-ring (bicyclic) bond motifs is 5. The molecule has 182 valence electrons. The first-order valence-corrected chi connectivity index (χ1v) is 13.0. The molecule has 0 aliphatic heterocycles. The van der Waals surface area contributed by atoms with Crippen LogP contribution >= 0.6 is 0 Å². The van der Waals surface area contributed by atoms with Crippen LogP contribution in [0, 0.1) is 46.3 Å². The van der Waals surface area contributed by atoms with E-state index >= 15 is 0 Å². The average Bonchev–Trinajstić information content (AvgIpc) is 3.09. The van der Waals surface area contributed by atoms with Crippen molar-refractivity contribution in [2.24, 2.45) is 46.3 Å². The number of ether oxygens (including phenoxy) is 2. The minimum absolute atomic E-state index is 0.0229. The van der Waals surface area contributed by atoms with Gasteiger partial charge in [-0.1, -0.05) is 20.8 Å². The largest absolute Gasteiger partial charge is 0.469 e. The van der Waals surface area contributed by atoms with Crippen molar-refractivity contribution in [2.75, 3.05) is 7.11 Å². The molecule has 0 aromatic heterocycles. The molecule has 4 saturated carbocycles. The molecule has 4 aliphatic carbocycles. The third-order valence-corrected chi connectivity index (χ3v) is 10.8. The zero-order valence-corrected chi connectivity index (χ0v) is 20.8. The lowest BCUT2D eigenvalue weighted by atomic mass is 9.43. The van der Waals surface area contributed by atoms with Gasteiger partial charge in [-0.3, -0.25) is 9.59 Å². The van der Waals surface area contributed by atoms with Gasteiger partial charge in [0.25, 0.3) is 0 Å². The maximum Gasteiger partial charge on any atom is 0.305 e. The molecule has 0 spiro atoms. The molecule has 1 N–H and O–H groups in total. The fraction of sp³-hybridized carbons (Fsp3) is 0.926. The monoisotopic (exact) mass is 448 g/mol. The maximum atomic E-state index is 11.7. The summed E-state index contributed by atoms with van der Waals surface area (Å²) in [7, 11) is 1.47. The number of aliphatic hydroxyl groups is 1. The van der Waals surface area contributed by atoms with Gasteiger partial charge < -0.3 is 14.6 Å². The zero-order chi connectivity index (χ0) is 23.3. The van der Waals surface area contributed by atoms with Crippen LogP contribution in [0.25, 0.3) is 0 Å². The van der Waals surface area contributed by atoms with Gasteiger partial charge >= 0.3 is 11.9 Å². The third-order valence-electron chi connectivity index (χ3n) is 10.8. The smallest absolute Gasteiger partial charge is 0.305 e. The highest BCUT2D eigenvalue weighted by atomic mass is 16.5. The van der Waals surface area contributed by atoms with Gasteiger partial charge in [0.05, 0.1) is 13.2 Å². The van der Waals surface area contributed by atoms with Gasteiger partial charge in [0, 0.05) is 13.3 Å². The van der Waals surface area contributed by atoms with E-state index in [2.05, 4.69) is 20.8 Å². The van der Waals surface area contributed by atoms with Crippen molar-refractivity contribution in [1.82, 2.24) is 0 Å². The molecular formula is C27H44O5. The Hall–Kier alpha value is -1.10. The molecule has 4 rings (SSSR count). The highest BCUT2D eigenvalue weighted by Gasteiger charge is 2.63. The molecule has 0 bridgehead atoms. The number of esters is 2. The molecule has 0 aromatic rings. The van der Waals surface area contributed by atoms with Crippen molar-refractivity contribution < 1.29 is 24.2 Å². The molecule has 0 aromatic carbocycles. The lowest BCUT2D eigenvalue weighted by molar-refractivity contribution is -0.182. The van der Waals surface area contributed by atoms with Crippen molar-refractivity contribution >= 4 is 11.9 Å². The Labute approximate surface area is 194 Å². The highest BCUT2D eigenvalue weighted by Crippen LogP contribution is 2.68. The van der Waals surface area contributed by atoms with Crippen LogP contribution in [0.2, 0.25) is 0 Å². The number of hydrogen-bond donors (Lipinski definition) is 1. The summed E-state index contributed by atoms with van der Waals surface area (Å²) in [4.78, 5) is 23.2. The van der Waals surface area contributed by atoms with Gasteiger partial charge in [-0.25, -0.2) is 0 Å². The van der Waals surface area contributed by atoms with Crippen LogP contribution < -0.4 is 0 Å². The molecule has 0 saturated heterocycles. The lowest BCUT2D eigenvalue weighted by Crippen LogP contribution is -2.58. The molecule has 0 amide bonds. The fourth-order valence-electron chi connectivity index (χ4n) is 9.15. The van der Waals surface area contributed by atoms with Crippen LogP contribution in [0.15, 0.2) is 0 Å². The van der Waals surface area contributed by atoms with E-state index in [0.717, 1.165) is 32.1 Å². The number of carbonyl (C=O) groups is 2. The molecule has 0 radical (unpaired) electrons. The van der Waals surface area contributed by atoms with Crippen molar-refractivity contribution in [3.63, 3.8) is 0 Å². The first-order valence-electron chi connectivity index (χ1n) is 13.0. The first-order chi connectivity index (χ1) is 15.1. The Morgan fingerprint density at radius 2 is 1.72 bits per heavy atom. The summed E-state index contributed by atoms with van der Waals surface area (Å²) in [5, 5.41) is 11.5. The molecule has 5 nitrogen and oxygen atoms in total. The first kappa shape index (κ1) is 24.0. The number of rotatable bonds is 5. The second kappa shape index (κ2) is 8.92. The van der Waals surface area contributed by atoms with Crippen molar-refractivity contribution in [1.29, 1.82) is 0 Å². The van der Waals surface area contributed by atoms with E-state index in [0.29, 0.717) is 41.9 Å². The number of methoxy groups -OCH3 is 1. The van der Waals surface area contributed by atoms with Crippen LogP contribution in [0.5, 0.6) is 0 Å². The van der Waals surface area contributed by atoms with E-state index in [4.69, 9.17) is 9.47 Å². The second-order valence-electron chi connectivity index (χ2n) is 12.1. The van der Waals surface area contributed by atoms with E-state index in [1.807, 2.05) is 0 Å². The van der Waals surface area contributed by atoms with Crippen molar-refractivity contribution in [3.8, 4) is 0 Å². The summed E-state index contributed by atoms with van der Waals surface area (Å²) in [6.07, 6.45) is 9.85. The van der Waals surface area contributed by atoms with Crippen LogP contribution in [-0.2, 0) is 19.1 Å². The number of hydrogen-bond acceptors (Lipinski definition) is 5. The minimum atomic E-state index is -0.247. The van der Waals surface area contributed by atoms with Gasteiger partial charge in [-0.05, 0) is 104 Å². The molecule has 4 fully saturated rings. The quantitative estimate of drug-likeness (QED) is 0.590. The summed E-state index contributed by atoms with van der Waals surface area (Å²) in [5.74, 6) is 2.81. The van der Waals surface area contributed by atoms with Crippen molar-refractivity contribution in [2.45, 2.75) is 104 Å². The Morgan fingerprint density at radius 3 is 2.41 bits per heavy atom. The Balaban J connectivity index is 1.49. The summed E-state index contributed by atoms with van der Waals surface area (Å²) >= 11 is 0. The van der Waals surface area contributed by atoms with E-state index in [1.165, 1.54) is 39.7 Å².